The summed E-state index contributed by atoms with van der Waals surface area (Å²) in [7, 11) is 0. The Morgan fingerprint density at radius 3 is 2.61 bits per heavy atom. The van der Waals surface area contributed by atoms with Gasteiger partial charge in [0.15, 0.2) is 0 Å². The molecule has 0 radical (unpaired) electrons. The maximum atomic E-state index is 5.90. The molecule has 3 aromatic rings. The summed E-state index contributed by atoms with van der Waals surface area (Å²) in [5.74, 6) is 0.914. The highest BCUT2D eigenvalue weighted by molar-refractivity contribution is 7.16. The monoisotopic (exact) mass is 274 g/mol. The van der Waals surface area contributed by atoms with Crippen molar-refractivity contribution >= 4 is 33.7 Å². The lowest BCUT2D eigenvalue weighted by molar-refractivity contribution is 0.313. The average molecular weight is 275 g/mol. The number of halogens is 1. The number of benzene rings is 2. The van der Waals surface area contributed by atoms with Crippen molar-refractivity contribution in [2.75, 3.05) is 0 Å². The minimum Gasteiger partial charge on any atom is -0.487 e. The van der Waals surface area contributed by atoms with Crippen molar-refractivity contribution in [1.29, 1.82) is 0 Å². The Balaban J connectivity index is 1.86. The number of thiophene rings is 1. The van der Waals surface area contributed by atoms with E-state index < -0.39 is 0 Å². The Hall–Kier alpha value is -1.51. The van der Waals surface area contributed by atoms with Crippen LogP contribution in [0, 0.1) is 0 Å². The fourth-order valence-corrected chi connectivity index (χ4v) is 2.90. The lowest BCUT2D eigenvalue weighted by atomic mass is 10.1. The summed E-state index contributed by atoms with van der Waals surface area (Å²) in [6, 6.07) is 18.2. The van der Waals surface area contributed by atoms with E-state index in [1.165, 1.54) is 5.39 Å². The number of hydrogen-bond donors (Lipinski definition) is 0. The predicted octanol–water partition coefficient (Wildman–Crippen LogP) is 5.13. The Morgan fingerprint density at radius 1 is 0.944 bits per heavy atom. The molecule has 0 spiro atoms. The molecule has 3 rings (SSSR count). The van der Waals surface area contributed by atoms with Gasteiger partial charge in [-0.15, -0.1) is 11.3 Å². The van der Waals surface area contributed by atoms with Crippen molar-refractivity contribution in [3.8, 4) is 5.75 Å². The van der Waals surface area contributed by atoms with Crippen LogP contribution in [-0.4, -0.2) is 0 Å². The summed E-state index contributed by atoms with van der Waals surface area (Å²) < 4.78 is 6.67. The standard InChI is InChI=1S/C15H11ClOS/c16-15-9-8-12(18-15)10-17-14-7-3-5-11-4-1-2-6-13(11)14/h1-9H,10H2. The highest BCUT2D eigenvalue weighted by atomic mass is 35.5. The molecule has 0 N–H and O–H groups in total. The van der Waals surface area contributed by atoms with Gasteiger partial charge in [0.2, 0.25) is 0 Å². The van der Waals surface area contributed by atoms with Gasteiger partial charge in [0.1, 0.15) is 12.4 Å². The minimum atomic E-state index is 0.561. The van der Waals surface area contributed by atoms with Gasteiger partial charge in [-0.3, -0.25) is 0 Å². The third-order valence-corrected chi connectivity index (χ3v) is 3.95. The first-order valence-corrected chi connectivity index (χ1v) is 6.87. The molecule has 2 aromatic carbocycles. The third kappa shape index (κ3) is 2.35. The molecular weight excluding hydrogens is 264 g/mol. The van der Waals surface area contributed by atoms with E-state index in [1.54, 1.807) is 11.3 Å². The van der Waals surface area contributed by atoms with Crippen LogP contribution in [0.1, 0.15) is 4.88 Å². The Labute approximate surface area is 115 Å². The molecule has 0 aliphatic carbocycles. The summed E-state index contributed by atoms with van der Waals surface area (Å²) in [4.78, 5) is 1.13. The SMILES string of the molecule is Clc1ccc(COc2cccc3ccccc23)s1. The molecule has 0 unspecified atom stereocenters. The van der Waals surface area contributed by atoms with Crippen molar-refractivity contribution in [3.63, 3.8) is 0 Å². The highest BCUT2D eigenvalue weighted by Crippen LogP contribution is 2.27. The first kappa shape index (κ1) is 11.6. The van der Waals surface area contributed by atoms with Crippen LogP contribution in [0.3, 0.4) is 0 Å². The molecule has 90 valence electrons. The quantitative estimate of drug-likeness (QED) is 0.643. The van der Waals surface area contributed by atoms with Gasteiger partial charge in [-0.2, -0.15) is 0 Å². The normalized spacial score (nSPS) is 10.7. The summed E-state index contributed by atoms with van der Waals surface area (Å²) in [6.07, 6.45) is 0. The number of fused-ring (bicyclic) bond motifs is 1. The van der Waals surface area contributed by atoms with Crippen LogP contribution in [0.2, 0.25) is 4.34 Å². The largest absolute Gasteiger partial charge is 0.487 e. The van der Waals surface area contributed by atoms with Crippen LogP contribution < -0.4 is 4.74 Å². The molecule has 0 amide bonds. The Kier molecular flexibility index (Phi) is 3.22. The van der Waals surface area contributed by atoms with Gasteiger partial charge in [-0.05, 0) is 23.6 Å². The molecule has 0 fully saturated rings. The summed E-state index contributed by atoms with van der Waals surface area (Å²) in [5.41, 5.74) is 0. The molecule has 0 aliphatic rings. The molecule has 1 nitrogen and oxygen atoms in total. The maximum absolute atomic E-state index is 5.90. The molecule has 18 heavy (non-hydrogen) atoms. The molecule has 1 aromatic heterocycles. The first-order valence-electron chi connectivity index (χ1n) is 5.68. The van der Waals surface area contributed by atoms with Crippen LogP contribution >= 0.6 is 22.9 Å². The zero-order valence-electron chi connectivity index (χ0n) is 9.60. The average Bonchev–Trinajstić information content (AvgIpc) is 2.82. The van der Waals surface area contributed by atoms with Gasteiger partial charge in [0.05, 0.1) is 4.34 Å². The maximum Gasteiger partial charge on any atom is 0.127 e. The van der Waals surface area contributed by atoms with E-state index in [9.17, 15) is 0 Å². The van der Waals surface area contributed by atoms with Crippen LogP contribution in [-0.2, 0) is 6.61 Å². The molecule has 0 bridgehead atoms. The lowest BCUT2D eigenvalue weighted by Crippen LogP contribution is -1.93. The summed E-state index contributed by atoms with van der Waals surface area (Å²) in [5, 5.41) is 2.34. The van der Waals surface area contributed by atoms with E-state index >= 15 is 0 Å². The minimum absolute atomic E-state index is 0.561. The van der Waals surface area contributed by atoms with Crippen LogP contribution in [0.4, 0.5) is 0 Å². The molecule has 1 heterocycles. The van der Waals surface area contributed by atoms with E-state index in [-0.39, 0.29) is 0 Å². The van der Waals surface area contributed by atoms with Gasteiger partial charge in [-0.25, -0.2) is 0 Å². The predicted molar refractivity (Wildman–Crippen MR) is 77.6 cm³/mol. The zero-order chi connectivity index (χ0) is 12.4. The molecule has 0 saturated carbocycles. The van der Waals surface area contributed by atoms with Gasteiger partial charge >= 0.3 is 0 Å². The van der Waals surface area contributed by atoms with Crippen LogP contribution in [0.25, 0.3) is 10.8 Å². The second-order valence-electron chi connectivity index (χ2n) is 3.97. The van der Waals surface area contributed by atoms with Crippen molar-refractivity contribution in [1.82, 2.24) is 0 Å². The highest BCUT2D eigenvalue weighted by Gasteiger charge is 2.03. The summed E-state index contributed by atoms with van der Waals surface area (Å²) in [6.45, 7) is 0.561. The van der Waals surface area contributed by atoms with Gasteiger partial charge in [0.25, 0.3) is 0 Å². The van der Waals surface area contributed by atoms with Gasteiger partial charge < -0.3 is 4.74 Å². The van der Waals surface area contributed by atoms with E-state index in [2.05, 4.69) is 18.2 Å². The number of rotatable bonds is 3. The van der Waals surface area contributed by atoms with Crippen LogP contribution in [0.5, 0.6) is 5.75 Å². The van der Waals surface area contributed by atoms with E-state index in [0.29, 0.717) is 6.61 Å². The molecule has 0 atom stereocenters. The Morgan fingerprint density at radius 2 is 1.78 bits per heavy atom. The molecule has 0 aliphatic heterocycles. The fourth-order valence-electron chi connectivity index (χ4n) is 1.90. The Bertz CT molecular complexity index is 670. The zero-order valence-corrected chi connectivity index (χ0v) is 11.2. The smallest absolute Gasteiger partial charge is 0.127 e. The van der Waals surface area contributed by atoms with Crippen molar-refractivity contribution in [2.24, 2.45) is 0 Å². The second-order valence-corrected chi connectivity index (χ2v) is 5.77. The molecule has 0 saturated heterocycles. The van der Waals surface area contributed by atoms with Crippen molar-refractivity contribution in [3.05, 3.63) is 63.8 Å². The number of ether oxygens (including phenoxy) is 1. The molecular formula is C15H11ClOS. The van der Waals surface area contributed by atoms with Crippen LogP contribution in [0.15, 0.2) is 54.6 Å². The lowest BCUT2D eigenvalue weighted by Gasteiger charge is -2.08. The third-order valence-electron chi connectivity index (χ3n) is 2.75. The molecule has 3 heteroatoms. The van der Waals surface area contributed by atoms with Crippen molar-refractivity contribution in [2.45, 2.75) is 6.61 Å². The fraction of sp³-hybridized carbons (Fsp3) is 0.0667. The second kappa shape index (κ2) is 5.01. The summed E-state index contributed by atoms with van der Waals surface area (Å²) >= 11 is 7.45. The topological polar surface area (TPSA) is 9.23 Å². The van der Waals surface area contributed by atoms with Gasteiger partial charge in [0, 0.05) is 10.3 Å². The van der Waals surface area contributed by atoms with Gasteiger partial charge in [-0.1, -0.05) is 48.0 Å². The number of hydrogen-bond acceptors (Lipinski definition) is 2. The van der Waals surface area contributed by atoms with E-state index in [0.717, 1.165) is 20.3 Å². The first-order chi connectivity index (χ1) is 8.83. The van der Waals surface area contributed by atoms with Crippen molar-refractivity contribution < 1.29 is 4.74 Å². The van der Waals surface area contributed by atoms with E-state index in [4.69, 9.17) is 16.3 Å². The van der Waals surface area contributed by atoms with E-state index in [1.807, 2.05) is 36.4 Å².